The first-order valence-corrected chi connectivity index (χ1v) is 5.28. The molecular weight excluding hydrogens is 188 g/mol. The van der Waals surface area contributed by atoms with Gasteiger partial charge in [-0.3, -0.25) is 4.79 Å². The summed E-state index contributed by atoms with van der Waals surface area (Å²) >= 11 is 0. The topological polar surface area (TPSA) is 26.3 Å². The van der Waals surface area contributed by atoms with Crippen LogP contribution in [0.5, 0.6) is 0 Å². The minimum absolute atomic E-state index is 0.328. The molecule has 0 aromatic rings. The third kappa shape index (κ3) is 5.27. The number of esters is 1. The van der Waals surface area contributed by atoms with E-state index in [4.69, 9.17) is 4.74 Å². The molecule has 0 bridgehead atoms. The normalized spacial score (nSPS) is 13.3. The van der Waals surface area contributed by atoms with Gasteiger partial charge in [0.05, 0.1) is 0 Å². The van der Waals surface area contributed by atoms with Crippen molar-refractivity contribution in [3.05, 3.63) is 12.2 Å². The molecule has 0 amide bonds. The van der Waals surface area contributed by atoms with Crippen LogP contribution in [0.15, 0.2) is 12.2 Å². The van der Waals surface area contributed by atoms with Gasteiger partial charge in [0.1, 0.15) is 0 Å². The molecule has 0 aliphatic carbocycles. The molecule has 0 aromatic heterocycles. The maximum Gasteiger partial charge on any atom is 0.304 e. The van der Waals surface area contributed by atoms with E-state index < -0.39 is 5.60 Å². The quantitative estimate of drug-likeness (QED) is 0.307. The van der Waals surface area contributed by atoms with E-state index in [2.05, 4.69) is 25.3 Å². The van der Waals surface area contributed by atoms with Crippen molar-refractivity contribution in [1.82, 2.24) is 0 Å². The zero-order chi connectivity index (χ0) is 11.9. The van der Waals surface area contributed by atoms with E-state index in [-0.39, 0.29) is 5.97 Å². The number of carbonyl (C=O) groups excluding carboxylic acids is 1. The summed E-state index contributed by atoms with van der Waals surface area (Å²) in [6, 6.07) is 0. The molecule has 0 aliphatic heterocycles. The van der Waals surface area contributed by atoms with Gasteiger partial charge in [0.15, 0.2) is 5.60 Å². The van der Waals surface area contributed by atoms with Crippen LogP contribution in [0, 0.1) is 11.8 Å². The summed E-state index contributed by atoms with van der Waals surface area (Å²) < 4.78 is 5.17. The summed E-state index contributed by atoms with van der Waals surface area (Å²) in [5, 5.41) is 0. The van der Waals surface area contributed by atoms with E-state index in [1.807, 2.05) is 6.92 Å². The Balaban J connectivity index is 4.55. The van der Waals surface area contributed by atoms with Crippen LogP contribution in [0.25, 0.3) is 0 Å². The molecule has 0 heterocycles. The second kappa shape index (κ2) is 6.29. The van der Waals surface area contributed by atoms with Crippen LogP contribution in [0.3, 0.4) is 0 Å². The van der Waals surface area contributed by atoms with Crippen molar-refractivity contribution in [2.75, 3.05) is 0 Å². The van der Waals surface area contributed by atoms with Gasteiger partial charge in [-0.05, 0) is 25.8 Å². The molecule has 0 aliphatic rings. The highest BCUT2D eigenvalue weighted by atomic mass is 16.6. The zero-order valence-electron chi connectivity index (χ0n) is 10.1. The summed E-state index contributed by atoms with van der Waals surface area (Å²) in [5.74, 6) is 5.67. The summed E-state index contributed by atoms with van der Waals surface area (Å²) in [7, 11) is 0. The molecule has 84 valence electrons. The Morgan fingerprint density at radius 3 is 2.47 bits per heavy atom. The van der Waals surface area contributed by atoms with Crippen LogP contribution in [0.2, 0.25) is 0 Å². The van der Waals surface area contributed by atoms with Crippen molar-refractivity contribution in [2.24, 2.45) is 0 Å². The summed E-state index contributed by atoms with van der Waals surface area (Å²) in [4.78, 5) is 10.9. The lowest BCUT2D eigenvalue weighted by Gasteiger charge is -2.23. The van der Waals surface area contributed by atoms with Gasteiger partial charge in [-0.2, -0.15) is 0 Å². The van der Waals surface area contributed by atoms with Gasteiger partial charge in [-0.25, -0.2) is 0 Å². The highest BCUT2D eigenvalue weighted by Crippen LogP contribution is 2.18. The molecule has 0 fully saturated rings. The Labute approximate surface area is 92.7 Å². The van der Waals surface area contributed by atoms with Crippen LogP contribution in [0.4, 0.5) is 0 Å². The minimum atomic E-state index is -0.834. The molecule has 2 nitrogen and oxygen atoms in total. The van der Waals surface area contributed by atoms with E-state index >= 15 is 0 Å². The number of carbonyl (C=O) groups is 1. The maximum absolute atomic E-state index is 10.9. The van der Waals surface area contributed by atoms with Crippen molar-refractivity contribution < 1.29 is 9.53 Å². The van der Waals surface area contributed by atoms with Crippen LogP contribution in [-0.2, 0) is 9.53 Å². The second-order valence-corrected chi connectivity index (χ2v) is 3.81. The zero-order valence-corrected chi connectivity index (χ0v) is 10.1. The molecule has 0 radical (unpaired) electrons. The molecule has 0 aromatic carbocycles. The van der Waals surface area contributed by atoms with Crippen LogP contribution in [0.1, 0.15) is 47.0 Å². The smallest absolute Gasteiger partial charge is 0.304 e. The van der Waals surface area contributed by atoms with Crippen molar-refractivity contribution in [2.45, 2.75) is 52.6 Å². The summed E-state index contributed by atoms with van der Waals surface area (Å²) in [6.07, 6.45) is 3.02. The predicted molar refractivity (Wildman–Crippen MR) is 62.3 cm³/mol. The van der Waals surface area contributed by atoms with Crippen molar-refractivity contribution in [3.8, 4) is 11.8 Å². The molecule has 2 heteroatoms. The molecular formula is C13H20O2. The largest absolute Gasteiger partial charge is 0.442 e. The van der Waals surface area contributed by atoms with E-state index in [0.29, 0.717) is 0 Å². The molecule has 0 N–H and O–H groups in total. The molecule has 15 heavy (non-hydrogen) atoms. The first kappa shape index (κ1) is 13.8. The highest BCUT2D eigenvalue weighted by Gasteiger charge is 2.25. The van der Waals surface area contributed by atoms with E-state index in [1.165, 1.54) is 6.92 Å². The van der Waals surface area contributed by atoms with Gasteiger partial charge < -0.3 is 4.74 Å². The lowest BCUT2D eigenvalue weighted by molar-refractivity contribution is -0.147. The van der Waals surface area contributed by atoms with Gasteiger partial charge in [0, 0.05) is 13.3 Å². The van der Waals surface area contributed by atoms with E-state index in [1.54, 1.807) is 6.92 Å². The fraction of sp³-hybridized carbons (Fsp3) is 0.615. The number of rotatable bonds is 4. The Hall–Kier alpha value is -1.23. The third-order valence-corrected chi connectivity index (χ3v) is 2.14. The number of hydrogen-bond donors (Lipinski definition) is 0. The fourth-order valence-corrected chi connectivity index (χ4v) is 1.00. The number of ether oxygens (including phenoxy) is 1. The fourth-order valence-electron chi connectivity index (χ4n) is 1.00. The number of hydrogen-bond acceptors (Lipinski definition) is 2. The Kier molecular flexibility index (Phi) is 5.77. The van der Waals surface area contributed by atoms with Crippen LogP contribution < -0.4 is 0 Å². The molecule has 0 spiro atoms. The van der Waals surface area contributed by atoms with Gasteiger partial charge in [0.2, 0.25) is 0 Å². The minimum Gasteiger partial charge on any atom is -0.442 e. The van der Waals surface area contributed by atoms with Gasteiger partial charge in [-0.1, -0.05) is 31.8 Å². The monoisotopic (exact) mass is 208 g/mol. The molecule has 1 atom stereocenters. The van der Waals surface area contributed by atoms with Crippen LogP contribution >= 0.6 is 0 Å². The SMILES string of the molecule is C=C(C)C(C)(C#CCCCC)OC(C)=O. The van der Waals surface area contributed by atoms with E-state index in [0.717, 1.165) is 24.8 Å². The first-order valence-electron chi connectivity index (χ1n) is 5.28. The average molecular weight is 208 g/mol. The highest BCUT2D eigenvalue weighted by molar-refractivity contribution is 5.67. The molecule has 0 rings (SSSR count). The molecule has 0 saturated heterocycles. The van der Waals surface area contributed by atoms with Crippen molar-refractivity contribution >= 4 is 5.97 Å². The second-order valence-electron chi connectivity index (χ2n) is 3.81. The van der Waals surface area contributed by atoms with Crippen molar-refractivity contribution in [3.63, 3.8) is 0 Å². The van der Waals surface area contributed by atoms with Gasteiger partial charge in [0.25, 0.3) is 0 Å². The predicted octanol–water partition coefficient (Wildman–Crippen LogP) is 3.08. The molecule has 0 saturated carbocycles. The number of unbranched alkanes of at least 4 members (excludes halogenated alkanes) is 2. The average Bonchev–Trinajstić information content (AvgIpc) is 2.11. The van der Waals surface area contributed by atoms with Crippen LogP contribution in [-0.4, -0.2) is 11.6 Å². The standard InChI is InChI=1S/C13H20O2/c1-6-7-8-9-10-13(5,11(2)3)15-12(4)14/h2,6-8H2,1,3-5H3. The van der Waals surface area contributed by atoms with Gasteiger partial charge in [-0.15, -0.1) is 0 Å². The third-order valence-electron chi connectivity index (χ3n) is 2.14. The van der Waals surface area contributed by atoms with E-state index in [9.17, 15) is 4.79 Å². The lowest BCUT2D eigenvalue weighted by atomic mass is 9.99. The Morgan fingerprint density at radius 2 is 2.07 bits per heavy atom. The maximum atomic E-state index is 10.9. The lowest BCUT2D eigenvalue weighted by Crippen LogP contribution is -2.30. The first-order chi connectivity index (χ1) is 6.92. The Morgan fingerprint density at radius 1 is 1.47 bits per heavy atom. The van der Waals surface area contributed by atoms with Gasteiger partial charge >= 0.3 is 5.97 Å². The summed E-state index contributed by atoms with van der Waals surface area (Å²) in [6.45, 7) is 10.9. The van der Waals surface area contributed by atoms with Crippen molar-refractivity contribution in [1.29, 1.82) is 0 Å². The Bertz CT molecular complexity index is 293. The molecule has 1 unspecified atom stereocenters. The summed E-state index contributed by atoms with van der Waals surface area (Å²) in [5.41, 5.74) is -0.0822.